The lowest BCUT2D eigenvalue weighted by molar-refractivity contribution is 0.139. The van der Waals surface area contributed by atoms with Crippen LogP contribution in [0.2, 0.25) is 0 Å². The Kier molecular flexibility index (Phi) is 2.49. The van der Waals surface area contributed by atoms with Crippen molar-refractivity contribution < 1.29 is 10.2 Å². The van der Waals surface area contributed by atoms with Gasteiger partial charge in [0.2, 0.25) is 0 Å². The van der Waals surface area contributed by atoms with E-state index < -0.39 is 0 Å². The molecule has 0 bridgehead atoms. The zero-order valence-corrected chi connectivity index (χ0v) is 5.58. The van der Waals surface area contributed by atoms with Crippen molar-refractivity contribution in [3.8, 4) is 0 Å². The first kappa shape index (κ1) is 7.03. The second-order valence-corrected chi connectivity index (χ2v) is 2.91. The molecule has 0 radical (unpaired) electrons. The van der Waals surface area contributed by atoms with Gasteiger partial charge in [0, 0.05) is 19.1 Å². The van der Waals surface area contributed by atoms with E-state index in [4.69, 9.17) is 10.2 Å². The molecule has 1 aliphatic carbocycles. The average Bonchev–Trinajstić information content (AvgIpc) is 2.66. The summed E-state index contributed by atoms with van der Waals surface area (Å²) in [7, 11) is 0. The molecular formula is C7H14O2. The van der Waals surface area contributed by atoms with Gasteiger partial charge in [-0.2, -0.15) is 0 Å². The molecule has 0 aromatic heterocycles. The predicted molar refractivity (Wildman–Crippen MR) is 35.0 cm³/mol. The molecule has 1 fully saturated rings. The highest BCUT2D eigenvalue weighted by atomic mass is 16.3. The van der Waals surface area contributed by atoms with Crippen molar-refractivity contribution >= 4 is 0 Å². The van der Waals surface area contributed by atoms with E-state index in [1.54, 1.807) is 0 Å². The molecule has 9 heavy (non-hydrogen) atoms. The minimum atomic E-state index is 0.146. The Hall–Kier alpha value is -0.0800. The van der Waals surface area contributed by atoms with Crippen LogP contribution in [0.15, 0.2) is 0 Å². The third-order valence-corrected chi connectivity index (χ3v) is 1.88. The maximum Gasteiger partial charge on any atom is 0.0481 e. The second kappa shape index (κ2) is 3.18. The quantitative estimate of drug-likeness (QED) is 0.578. The van der Waals surface area contributed by atoms with Crippen molar-refractivity contribution in [2.75, 3.05) is 13.2 Å². The van der Waals surface area contributed by atoms with E-state index in [2.05, 4.69) is 0 Å². The molecule has 1 rings (SSSR count). The van der Waals surface area contributed by atoms with Crippen molar-refractivity contribution in [2.24, 2.45) is 11.8 Å². The summed E-state index contributed by atoms with van der Waals surface area (Å²) in [4.78, 5) is 0. The van der Waals surface area contributed by atoms with Gasteiger partial charge in [0.05, 0.1) is 0 Å². The number of hydrogen-bond acceptors (Lipinski definition) is 2. The first-order valence-electron chi connectivity index (χ1n) is 3.58. The summed E-state index contributed by atoms with van der Waals surface area (Å²) < 4.78 is 0. The highest BCUT2D eigenvalue weighted by molar-refractivity contribution is 4.76. The molecule has 0 unspecified atom stereocenters. The van der Waals surface area contributed by atoms with E-state index in [1.165, 1.54) is 12.8 Å². The molecule has 0 amide bonds. The number of aliphatic hydroxyl groups is 2. The largest absolute Gasteiger partial charge is 0.396 e. The van der Waals surface area contributed by atoms with Crippen LogP contribution < -0.4 is 0 Å². The summed E-state index contributed by atoms with van der Waals surface area (Å²) in [6, 6.07) is 0. The van der Waals surface area contributed by atoms with E-state index in [9.17, 15) is 0 Å². The summed E-state index contributed by atoms with van der Waals surface area (Å²) in [5.74, 6) is 0.965. The maximum absolute atomic E-state index is 8.64. The lowest BCUT2D eigenvalue weighted by Gasteiger charge is -2.07. The van der Waals surface area contributed by atoms with Gasteiger partial charge >= 0.3 is 0 Å². The Labute approximate surface area is 55.5 Å². The van der Waals surface area contributed by atoms with Crippen LogP contribution in [0.25, 0.3) is 0 Å². The molecule has 54 valence electrons. The maximum atomic E-state index is 8.64. The van der Waals surface area contributed by atoms with Gasteiger partial charge in [-0.25, -0.2) is 0 Å². The molecule has 2 nitrogen and oxygen atoms in total. The molecule has 0 aromatic carbocycles. The van der Waals surface area contributed by atoms with Gasteiger partial charge in [0.15, 0.2) is 0 Å². The fraction of sp³-hybridized carbons (Fsp3) is 1.00. The van der Waals surface area contributed by atoms with E-state index in [0.717, 1.165) is 12.3 Å². The molecule has 2 heteroatoms. The predicted octanol–water partition coefficient (Wildman–Crippen LogP) is 0.387. The highest BCUT2D eigenvalue weighted by Crippen LogP contribution is 2.34. The molecule has 0 spiro atoms. The van der Waals surface area contributed by atoms with Crippen molar-refractivity contribution in [3.05, 3.63) is 0 Å². The Morgan fingerprint density at radius 2 is 1.78 bits per heavy atom. The molecule has 0 aromatic rings. The third kappa shape index (κ3) is 2.33. The number of rotatable bonds is 4. The summed E-state index contributed by atoms with van der Waals surface area (Å²) in [5.41, 5.74) is 0. The van der Waals surface area contributed by atoms with Crippen LogP contribution in [0.1, 0.15) is 19.3 Å². The average molecular weight is 130 g/mol. The van der Waals surface area contributed by atoms with Crippen LogP contribution in [0, 0.1) is 11.8 Å². The Morgan fingerprint density at radius 3 is 2.11 bits per heavy atom. The van der Waals surface area contributed by atoms with Crippen LogP contribution in [-0.4, -0.2) is 23.4 Å². The highest BCUT2D eigenvalue weighted by Gasteiger charge is 2.24. The molecule has 1 aliphatic rings. The number of hydrogen-bond donors (Lipinski definition) is 2. The standard InChI is InChI=1S/C7H14O2/c8-4-7(5-9)3-6-1-2-6/h6-9H,1-5H2. The van der Waals surface area contributed by atoms with E-state index in [1.807, 2.05) is 0 Å². The smallest absolute Gasteiger partial charge is 0.0481 e. The van der Waals surface area contributed by atoms with Crippen molar-refractivity contribution in [1.82, 2.24) is 0 Å². The lowest BCUT2D eigenvalue weighted by atomic mass is 10.1. The Balaban J connectivity index is 2.05. The van der Waals surface area contributed by atoms with Crippen LogP contribution >= 0.6 is 0 Å². The van der Waals surface area contributed by atoms with Gasteiger partial charge in [-0.3, -0.25) is 0 Å². The molecule has 0 saturated heterocycles. The molecule has 0 heterocycles. The van der Waals surface area contributed by atoms with Gasteiger partial charge < -0.3 is 10.2 Å². The van der Waals surface area contributed by atoms with Crippen LogP contribution in [0.5, 0.6) is 0 Å². The van der Waals surface area contributed by atoms with Gasteiger partial charge in [0.25, 0.3) is 0 Å². The fourth-order valence-electron chi connectivity index (χ4n) is 1.03. The minimum Gasteiger partial charge on any atom is -0.396 e. The fourth-order valence-corrected chi connectivity index (χ4v) is 1.03. The Bertz CT molecular complexity index is 75.0. The van der Waals surface area contributed by atoms with Crippen molar-refractivity contribution in [3.63, 3.8) is 0 Å². The van der Waals surface area contributed by atoms with E-state index >= 15 is 0 Å². The topological polar surface area (TPSA) is 40.5 Å². The Morgan fingerprint density at radius 1 is 1.22 bits per heavy atom. The molecule has 1 saturated carbocycles. The molecule has 2 N–H and O–H groups in total. The van der Waals surface area contributed by atoms with Crippen molar-refractivity contribution in [2.45, 2.75) is 19.3 Å². The lowest BCUT2D eigenvalue weighted by Crippen LogP contribution is -2.11. The van der Waals surface area contributed by atoms with E-state index in [-0.39, 0.29) is 19.1 Å². The zero-order chi connectivity index (χ0) is 6.69. The zero-order valence-electron chi connectivity index (χ0n) is 5.58. The number of aliphatic hydroxyl groups excluding tert-OH is 2. The van der Waals surface area contributed by atoms with Crippen molar-refractivity contribution in [1.29, 1.82) is 0 Å². The van der Waals surface area contributed by atoms with Gasteiger partial charge in [0.1, 0.15) is 0 Å². The second-order valence-electron chi connectivity index (χ2n) is 2.91. The third-order valence-electron chi connectivity index (χ3n) is 1.88. The van der Waals surface area contributed by atoms with Gasteiger partial charge in [-0.05, 0) is 12.3 Å². The SMILES string of the molecule is OCC(CO)CC1CC1. The molecule has 0 aliphatic heterocycles. The summed E-state index contributed by atoms with van der Waals surface area (Å²) in [6.45, 7) is 0.292. The monoisotopic (exact) mass is 130 g/mol. The molecule has 0 atom stereocenters. The van der Waals surface area contributed by atoms with E-state index in [0.29, 0.717) is 0 Å². The van der Waals surface area contributed by atoms with Gasteiger partial charge in [-0.1, -0.05) is 12.8 Å². The summed E-state index contributed by atoms with van der Waals surface area (Å²) in [5, 5.41) is 17.3. The van der Waals surface area contributed by atoms with Gasteiger partial charge in [-0.15, -0.1) is 0 Å². The summed E-state index contributed by atoms with van der Waals surface area (Å²) >= 11 is 0. The van der Waals surface area contributed by atoms with Crippen LogP contribution in [-0.2, 0) is 0 Å². The molecular weight excluding hydrogens is 116 g/mol. The normalized spacial score (nSPS) is 19.0. The van der Waals surface area contributed by atoms with Crippen LogP contribution in [0.4, 0.5) is 0 Å². The first-order chi connectivity index (χ1) is 4.36. The minimum absolute atomic E-state index is 0.146. The first-order valence-corrected chi connectivity index (χ1v) is 3.58. The summed E-state index contributed by atoms with van der Waals surface area (Å²) in [6.07, 6.45) is 3.63. The van der Waals surface area contributed by atoms with Crippen LogP contribution in [0.3, 0.4) is 0 Å².